The minimum Gasteiger partial charge on any atom is -0.349 e. The molecule has 4 heteroatoms. The first-order valence-corrected chi connectivity index (χ1v) is 6.44. The second-order valence-corrected chi connectivity index (χ2v) is 6.52. The number of carbonyl (C=O) groups excluding carboxylic acids is 1. The summed E-state index contributed by atoms with van der Waals surface area (Å²) in [7, 11) is 0. The maximum Gasteiger partial charge on any atom is 0.236 e. The molecule has 1 heterocycles. The van der Waals surface area contributed by atoms with Gasteiger partial charge in [0.05, 0.1) is 4.75 Å². The highest BCUT2D eigenvalue weighted by molar-refractivity contribution is 8.01. The van der Waals surface area contributed by atoms with Crippen molar-refractivity contribution in [1.29, 1.82) is 0 Å². The Morgan fingerprint density at radius 3 is 2.71 bits per heavy atom. The number of amides is 1. The lowest BCUT2D eigenvalue weighted by Gasteiger charge is -2.29. The van der Waals surface area contributed by atoms with Gasteiger partial charge in [0.1, 0.15) is 0 Å². The fourth-order valence-corrected chi connectivity index (χ4v) is 2.71. The zero-order valence-corrected chi connectivity index (χ0v) is 10.6. The highest BCUT2D eigenvalue weighted by Gasteiger charge is 2.39. The smallest absolute Gasteiger partial charge is 0.236 e. The van der Waals surface area contributed by atoms with E-state index in [1.165, 1.54) is 0 Å². The van der Waals surface area contributed by atoms with Gasteiger partial charge >= 0.3 is 0 Å². The van der Waals surface area contributed by atoms with Crippen LogP contribution >= 0.6 is 23.4 Å². The summed E-state index contributed by atoms with van der Waals surface area (Å²) in [6.45, 7) is 5.91. The number of alkyl halides is 1. The molecule has 1 atom stereocenters. The Balaban J connectivity index is 2.57. The van der Waals surface area contributed by atoms with Gasteiger partial charge in [0.15, 0.2) is 0 Å². The van der Waals surface area contributed by atoms with Gasteiger partial charge in [-0.1, -0.05) is 0 Å². The zero-order valence-electron chi connectivity index (χ0n) is 9.02. The lowest BCUT2D eigenvalue weighted by Crippen LogP contribution is -2.51. The summed E-state index contributed by atoms with van der Waals surface area (Å²) < 4.78 is -0.233. The van der Waals surface area contributed by atoms with Crippen LogP contribution in [0, 0.1) is 0 Å². The Kier molecular flexibility index (Phi) is 3.75. The third-order valence-electron chi connectivity index (χ3n) is 2.49. The molecule has 1 N–H and O–H groups in total. The van der Waals surface area contributed by atoms with E-state index in [4.69, 9.17) is 11.6 Å². The predicted molar refractivity (Wildman–Crippen MR) is 63.0 cm³/mol. The SMILES string of the molecule is CC(C)(CCl)NC(=O)C1(C)CCCS1. The molecule has 0 aromatic heterocycles. The molecule has 1 fully saturated rings. The van der Waals surface area contributed by atoms with Crippen LogP contribution in [-0.2, 0) is 4.79 Å². The average molecular weight is 236 g/mol. The van der Waals surface area contributed by atoms with Crippen LogP contribution in [0.3, 0.4) is 0 Å². The van der Waals surface area contributed by atoms with Crippen molar-refractivity contribution in [2.24, 2.45) is 0 Å². The fraction of sp³-hybridized carbons (Fsp3) is 0.900. The Bertz CT molecular complexity index is 224. The Morgan fingerprint density at radius 1 is 1.64 bits per heavy atom. The second kappa shape index (κ2) is 4.31. The van der Waals surface area contributed by atoms with Crippen LogP contribution in [0.5, 0.6) is 0 Å². The van der Waals surface area contributed by atoms with Gasteiger partial charge in [0, 0.05) is 11.4 Å². The van der Waals surface area contributed by atoms with E-state index in [0.29, 0.717) is 5.88 Å². The van der Waals surface area contributed by atoms with Gasteiger partial charge in [-0.15, -0.1) is 23.4 Å². The van der Waals surface area contributed by atoms with E-state index in [0.717, 1.165) is 18.6 Å². The van der Waals surface area contributed by atoms with Gasteiger partial charge in [-0.25, -0.2) is 0 Å². The largest absolute Gasteiger partial charge is 0.349 e. The fourth-order valence-electron chi connectivity index (χ4n) is 1.43. The molecule has 82 valence electrons. The minimum atomic E-state index is -0.301. The first-order valence-electron chi connectivity index (χ1n) is 4.92. The van der Waals surface area contributed by atoms with Gasteiger partial charge in [-0.2, -0.15) is 0 Å². The van der Waals surface area contributed by atoms with Crippen molar-refractivity contribution in [2.45, 2.75) is 43.9 Å². The van der Waals surface area contributed by atoms with Crippen LogP contribution in [0.25, 0.3) is 0 Å². The van der Waals surface area contributed by atoms with Crippen molar-refractivity contribution in [3.63, 3.8) is 0 Å². The van der Waals surface area contributed by atoms with Crippen molar-refractivity contribution >= 4 is 29.3 Å². The standard InChI is InChI=1S/C10H18ClNOS/c1-9(2,7-11)12-8(13)10(3)5-4-6-14-10/h4-7H2,1-3H3,(H,12,13). The molecule has 0 aromatic carbocycles. The Morgan fingerprint density at radius 2 is 2.29 bits per heavy atom. The van der Waals surface area contributed by atoms with Crippen LogP contribution in [0.4, 0.5) is 0 Å². The first kappa shape index (κ1) is 12.2. The van der Waals surface area contributed by atoms with Gasteiger partial charge < -0.3 is 5.32 Å². The lowest BCUT2D eigenvalue weighted by atomic mass is 10.0. The van der Waals surface area contributed by atoms with Crippen molar-refractivity contribution in [1.82, 2.24) is 5.32 Å². The molecule has 1 aliphatic heterocycles. The first-order chi connectivity index (χ1) is 6.40. The normalized spacial score (nSPS) is 27.7. The topological polar surface area (TPSA) is 29.1 Å². The summed E-state index contributed by atoms with van der Waals surface area (Å²) >= 11 is 7.52. The molecule has 0 aliphatic carbocycles. The van der Waals surface area contributed by atoms with Crippen molar-refractivity contribution < 1.29 is 4.79 Å². The summed E-state index contributed by atoms with van der Waals surface area (Å²) in [6, 6.07) is 0. The summed E-state index contributed by atoms with van der Waals surface area (Å²) in [5.74, 6) is 1.66. The van der Waals surface area contributed by atoms with E-state index in [1.54, 1.807) is 11.8 Å². The van der Waals surface area contributed by atoms with E-state index in [9.17, 15) is 4.79 Å². The van der Waals surface area contributed by atoms with E-state index in [2.05, 4.69) is 5.32 Å². The second-order valence-electron chi connectivity index (χ2n) is 4.65. The molecule has 1 rings (SSSR count). The molecule has 1 unspecified atom stereocenters. The maximum atomic E-state index is 12.0. The molecule has 0 aromatic rings. The molecule has 1 saturated heterocycles. The monoisotopic (exact) mass is 235 g/mol. The van der Waals surface area contributed by atoms with Crippen LogP contribution in [-0.4, -0.2) is 27.8 Å². The number of hydrogen-bond acceptors (Lipinski definition) is 2. The molecular weight excluding hydrogens is 218 g/mol. The van der Waals surface area contributed by atoms with Crippen LogP contribution in [0.2, 0.25) is 0 Å². The average Bonchev–Trinajstić information content (AvgIpc) is 2.53. The van der Waals surface area contributed by atoms with Crippen LogP contribution in [0.15, 0.2) is 0 Å². The number of halogens is 1. The number of hydrogen-bond donors (Lipinski definition) is 1. The molecule has 0 saturated carbocycles. The number of thioether (sulfide) groups is 1. The van der Waals surface area contributed by atoms with Gasteiger partial charge in [0.25, 0.3) is 0 Å². The number of rotatable bonds is 3. The summed E-state index contributed by atoms with van der Waals surface area (Å²) in [5, 5.41) is 3.00. The van der Waals surface area contributed by atoms with E-state index < -0.39 is 0 Å². The minimum absolute atomic E-state index is 0.130. The molecule has 0 spiro atoms. The van der Waals surface area contributed by atoms with Gasteiger partial charge in [-0.05, 0) is 39.4 Å². The summed E-state index contributed by atoms with van der Waals surface area (Å²) in [6.07, 6.45) is 2.11. The van der Waals surface area contributed by atoms with E-state index >= 15 is 0 Å². The summed E-state index contributed by atoms with van der Waals surface area (Å²) in [4.78, 5) is 12.0. The Hall–Kier alpha value is 0.110. The third kappa shape index (κ3) is 2.80. The van der Waals surface area contributed by atoms with Crippen LogP contribution < -0.4 is 5.32 Å². The van der Waals surface area contributed by atoms with Gasteiger partial charge in [-0.3, -0.25) is 4.79 Å². The van der Waals surface area contributed by atoms with E-state index in [-0.39, 0.29) is 16.2 Å². The third-order valence-corrected chi connectivity index (χ3v) is 4.67. The van der Waals surface area contributed by atoms with Crippen molar-refractivity contribution in [3.05, 3.63) is 0 Å². The highest BCUT2D eigenvalue weighted by atomic mass is 35.5. The molecule has 1 aliphatic rings. The van der Waals surface area contributed by atoms with Crippen LogP contribution in [0.1, 0.15) is 33.6 Å². The molecule has 1 amide bonds. The quantitative estimate of drug-likeness (QED) is 0.762. The van der Waals surface area contributed by atoms with Crippen molar-refractivity contribution in [2.75, 3.05) is 11.6 Å². The lowest BCUT2D eigenvalue weighted by molar-refractivity contribution is -0.124. The molecular formula is C10H18ClNOS. The Labute approximate surface area is 95.2 Å². The molecule has 14 heavy (non-hydrogen) atoms. The number of nitrogens with one attached hydrogen (secondary N) is 1. The summed E-state index contributed by atoms with van der Waals surface area (Å²) in [5.41, 5.74) is -0.301. The number of carbonyl (C=O) groups is 1. The zero-order chi connectivity index (χ0) is 10.8. The van der Waals surface area contributed by atoms with Crippen molar-refractivity contribution in [3.8, 4) is 0 Å². The van der Waals surface area contributed by atoms with E-state index in [1.807, 2.05) is 20.8 Å². The maximum absolute atomic E-state index is 12.0. The highest BCUT2D eigenvalue weighted by Crippen LogP contribution is 2.38. The predicted octanol–water partition coefficient (Wildman–Crippen LogP) is 2.41. The molecule has 2 nitrogen and oxygen atoms in total. The molecule has 0 radical (unpaired) electrons. The molecule has 0 bridgehead atoms. The van der Waals surface area contributed by atoms with Gasteiger partial charge in [0.2, 0.25) is 5.91 Å².